The number of likely N-dealkylation sites (tertiary alicyclic amines) is 1. The monoisotopic (exact) mass is 366 g/mol. The zero-order valence-electron chi connectivity index (χ0n) is 14.3. The Morgan fingerprint density at radius 1 is 1.27 bits per heavy atom. The van der Waals surface area contributed by atoms with Gasteiger partial charge < -0.3 is 10.2 Å². The molecule has 1 fully saturated rings. The van der Waals surface area contributed by atoms with E-state index >= 15 is 0 Å². The van der Waals surface area contributed by atoms with Crippen LogP contribution in [0.1, 0.15) is 40.8 Å². The standard InChI is InChI=1S/C18H18N6OS/c1-12-20-14(10-16(21-12)22-18-23-19-11-26-18)15-8-5-9-24(15)17(25)13-6-3-2-4-7-13/h2-4,6-7,10-11,15H,5,8-9H2,1H3,(H,20,21,22,23)/t15-/m1/s1. The van der Waals surface area contributed by atoms with Crippen LogP contribution in [0.2, 0.25) is 0 Å². The summed E-state index contributed by atoms with van der Waals surface area (Å²) >= 11 is 1.41. The van der Waals surface area contributed by atoms with E-state index in [0.29, 0.717) is 22.3 Å². The topological polar surface area (TPSA) is 83.9 Å². The van der Waals surface area contributed by atoms with Gasteiger partial charge in [-0.05, 0) is 31.9 Å². The Morgan fingerprint density at radius 3 is 2.88 bits per heavy atom. The second-order valence-electron chi connectivity index (χ2n) is 6.12. The van der Waals surface area contributed by atoms with E-state index in [4.69, 9.17) is 0 Å². The van der Waals surface area contributed by atoms with Crippen molar-refractivity contribution in [3.05, 3.63) is 59.0 Å². The van der Waals surface area contributed by atoms with Gasteiger partial charge in [0.25, 0.3) is 5.91 Å². The van der Waals surface area contributed by atoms with Gasteiger partial charge in [0.05, 0.1) is 11.7 Å². The smallest absolute Gasteiger partial charge is 0.254 e. The van der Waals surface area contributed by atoms with Crippen LogP contribution in [0.15, 0.2) is 41.9 Å². The van der Waals surface area contributed by atoms with Gasteiger partial charge in [-0.25, -0.2) is 9.97 Å². The number of amides is 1. The highest BCUT2D eigenvalue weighted by atomic mass is 32.1. The lowest BCUT2D eigenvalue weighted by Gasteiger charge is -2.25. The van der Waals surface area contributed by atoms with Crippen molar-refractivity contribution in [1.82, 2.24) is 25.1 Å². The van der Waals surface area contributed by atoms with Gasteiger partial charge in [-0.1, -0.05) is 29.5 Å². The molecule has 1 aromatic carbocycles. The fourth-order valence-corrected chi connectivity index (χ4v) is 3.68. The molecule has 0 saturated carbocycles. The molecule has 1 aliphatic heterocycles. The number of carbonyl (C=O) groups is 1. The highest BCUT2D eigenvalue weighted by Gasteiger charge is 2.32. The molecular formula is C18H18N6OS. The molecule has 8 heteroatoms. The van der Waals surface area contributed by atoms with Crippen LogP contribution in [0.3, 0.4) is 0 Å². The van der Waals surface area contributed by atoms with E-state index in [1.54, 1.807) is 5.51 Å². The van der Waals surface area contributed by atoms with Crippen molar-refractivity contribution in [2.24, 2.45) is 0 Å². The molecule has 0 unspecified atom stereocenters. The molecule has 1 saturated heterocycles. The van der Waals surface area contributed by atoms with E-state index in [9.17, 15) is 4.79 Å². The predicted octanol–water partition coefficient (Wildman–Crippen LogP) is 3.36. The maximum atomic E-state index is 12.9. The number of nitrogens with one attached hydrogen (secondary N) is 1. The van der Waals surface area contributed by atoms with Gasteiger partial charge in [-0.3, -0.25) is 4.79 Å². The first kappa shape index (κ1) is 16.6. The first-order chi connectivity index (χ1) is 12.7. The molecular weight excluding hydrogens is 348 g/mol. The summed E-state index contributed by atoms with van der Waals surface area (Å²) in [6, 6.07) is 11.2. The molecule has 1 N–H and O–H groups in total. The highest BCUT2D eigenvalue weighted by molar-refractivity contribution is 7.13. The second-order valence-corrected chi connectivity index (χ2v) is 6.95. The Labute approximate surface area is 155 Å². The number of hydrogen-bond donors (Lipinski definition) is 1. The summed E-state index contributed by atoms with van der Waals surface area (Å²) in [5.41, 5.74) is 3.22. The molecule has 26 heavy (non-hydrogen) atoms. The SMILES string of the molecule is Cc1nc(Nc2nncs2)cc([C@H]2CCCN2C(=O)c2ccccc2)n1. The van der Waals surface area contributed by atoms with Gasteiger partial charge >= 0.3 is 0 Å². The summed E-state index contributed by atoms with van der Waals surface area (Å²) in [5, 5.41) is 11.6. The fourth-order valence-electron chi connectivity index (χ4n) is 3.23. The van der Waals surface area contributed by atoms with Crippen molar-refractivity contribution in [2.75, 3.05) is 11.9 Å². The molecule has 4 rings (SSSR count). The van der Waals surface area contributed by atoms with E-state index in [1.807, 2.05) is 48.2 Å². The summed E-state index contributed by atoms with van der Waals surface area (Å²) in [6.07, 6.45) is 1.86. The third-order valence-electron chi connectivity index (χ3n) is 4.33. The Balaban J connectivity index is 1.61. The van der Waals surface area contributed by atoms with Crippen molar-refractivity contribution >= 4 is 28.2 Å². The van der Waals surface area contributed by atoms with Crippen molar-refractivity contribution in [2.45, 2.75) is 25.8 Å². The summed E-state index contributed by atoms with van der Waals surface area (Å²) in [4.78, 5) is 23.8. The van der Waals surface area contributed by atoms with Gasteiger partial charge in [0.2, 0.25) is 5.13 Å². The number of carbonyl (C=O) groups excluding carboxylic acids is 1. The van der Waals surface area contributed by atoms with E-state index in [1.165, 1.54) is 11.3 Å². The van der Waals surface area contributed by atoms with E-state index < -0.39 is 0 Å². The van der Waals surface area contributed by atoms with Crippen molar-refractivity contribution in [1.29, 1.82) is 0 Å². The number of aromatic nitrogens is 4. The van der Waals surface area contributed by atoms with Crippen LogP contribution >= 0.6 is 11.3 Å². The summed E-state index contributed by atoms with van der Waals surface area (Å²) < 4.78 is 0. The van der Waals surface area contributed by atoms with Crippen LogP contribution in [0.4, 0.5) is 10.9 Å². The number of benzene rings is 1. The van der Waals surface area contributed by atoms with E-state index in [-0.39, 0.29) is 11.9 Å². The molecule has 7 nitrogen and oxygen atoms in total. The normalized spacial score (nSPS) is 16.7. The van der Waals surface area contributed by atoms with E-state index in [0.717, 1.165) is 25.1 Å². The average molecular weight is 366 g/mol. The summed E-state index contributed by atoms with van der Waals surface area (Å²) in [5.74, 6) is 1.37. The second kappa shape index (κ2) is 7.17. The Bertz CT molecular complexity index is 899. The van der Waals surface area contributed by atoms with Crippen molar-refractivity contribution < 1.29 is 4.79 Å². The Kier molecular flexibility index (Phi) is 4.57. The van der Waals surface area contributed by atoms with Gasteiger partial charge in [-0.15, -0.1) is 10.2 Å². The Morgan fingerprint density at radius 2 is 2.12 bits per heavy atom. The number of hydrogen-bond acceptors (Lipinski definition) is 7. The van der Waals surface area contributed by atoms with Gasteiger partial charge in [0, 0.05) is 18.2 Å². The average Bonchev–Trinajstić information content (AvgIpc) is 3.33. The first-order valence-electron chi connectivity index (χ1n) is 8.45. The molecule has 0 radical (unpaired) electrons. The molecule has 1 amide bonds. The van der Waals surface area contributed by atoms with Gasteiger partial charge in [0.1, 0.15) is 17.2 Å². The number of aryl methyl sites for hydroxylation is 1. The minimum absolute atomic E-state index is 0.0422. The lowest BCUT2D eigenvalue weighted by Crippen LogP contribution is -2.31. The number of anilines is 2. The minimum atomic E-state index is -0.0422. The predicted molar refractivity (Wildman–Crippen MR) is 99.4 cm³/mol. The van der Waals surface area contributed by atoms with Crippen LogP contribution in [-0.2, 0) is 0 Å². The molecule has 3 aromatic rings. The van der Waals surface area contributed by atoms with Crippen molar-refractivity contribution in [3.63, 3.8) is 0 Å². The summed E-state index contributed by atoms with van der Waals surface area (Å²) in [7, 11) is 0. The first-order valence-corrected chi connectivity index (χ1v) is 9.33. The molecule has 132 valence electrons. The Hall–Kier alpha value is -2.87. The molecule has 1 aliphatic rings. The maximum Gasteiger partial charge on any atom is 0.254 e. The maximum absolute atomic E-state index is 12.9. The molecule has 0 spiro atoms. The number of rotatable bonds is 4. The van der Waals surface area contributed by atoms with Crippen LogP contribution in [-0.4, -0.2) is 37.5 Å². The van der Waals surface area contributed by atoms with Crippen molar-refractivity contribution in [3.8, 4) is 0 Å². The molecule has 3 heterocycles. The zero-order valence-corrected chi connectivity index (χ0v) is 15.1. The van der Waals surface area contributed by atoms with E-state index in [2.05, 4.69) is 25.5 Å². The largest absolute Gasteiger partial charge is 0.330 e. The number of nitrogens with zero attached hydrogens (tertiary/aromatic N) is 5. The van der Waals surface area contributed by atoms with Crippen LogP contribution in [0, 0.1) is 6.92 Å². The van der Waals surface area contributed by atoms with Crippen LogP contribution in [0.25, 0.3) is 0 Å². The zero-order chi connectivity index (χ0) is 17.9. The lowest BCUT2D eigenvalue weighted by atomic mass is 10.1. The minimum Gasteiger partial charge on any atom is -0.330 e. The third-order valence-corrected chi connectivity index (χ3v) is 4.94. The third kappa shape index (κ3) is 3.41. The quantitative estimate of drug-likeness (QED) is 0.762. The highest BCUT2D eigenvalue weighted by Crippen LogP contribution is 2.33. The molecule has 1 atom stereocenters. The molecule has 2 aromatic heterocycles. The van der Waals surface area contributed by atoms with Gasteiger partial charge in [0.15, 0.2) is 0 Å². The molecule has 0 aliphatic carbocycles. The summed E-state index contributed by atoms with van der Waals surface area (Å²) in [6.45, 7) is 2.59. The fraction of sp³-hybridized carbons (Fsp3) is 0.278. The lowest BCUT2D eigenvalue weighted by molar-refractivity contribution is 0.0732. The molecule has 0 bridgehead atoms. The van der Waals surface area contributed by atoms with Crippen LogP contribution in [0.5, 0.6) is 0 Å². The van der Waals surface area contributed by atoms with Gasteiger partial charge in [-0.2, -0.15) is 0 Å². The van der Waals surface area contributed by atoms with Crippen LogP contribution < -0.4 is 5.32 Å².